The third kappa shape index (κ3) is 5.47. The molecule has 0 aromatic carbocycles. The van der Waals surface area contributed by atoms with Gasteiger partial charge >= 0.3 is 0 Å². The molecule has 0 aliphatic rings. The van der Waals surface area contributed by atoms with E-state index in [1.807, 2.05) is 26.0 Å². The number of aryl methyl sites for hydroxylation is 1. The van der Waals surface area contributed by atoms with E-state index in [0.717, 1.165) is 17.1 Å². The van der Waals surface area contributed by atoms with Gasteiger partial charge in [0.15, 0.2) is 6.79 Å². The van der Waals surface area contributed by atoms with Gasteiger partial charge in [0.05, 0.1) is 5.69 Å². The molecule has 1 aromatic heterocycles. The molecule has 1 N–H and O–H groups in total. The van der Waals surface area contributed by atoms with Gasteiger partial charge in [-0.05, 0) is 46.8 Å². The minimum atomic E-state index is 0.0581. The zero-order valence-electron chi connectivity index (χ0n) is 12.0. The Balaban J connectivity index is 2.70. The van der Waals surface area contributed by atoms with Gasteiger partial charge in [0.2, 0.25) is 0 Å². The Hall–Kier alpha value is -1.13. The molecule has 0 unspecified atom stereocenters. The molecule has 0 fully saturated rings. The molecule has 1 aromatic rings. The van der Waals surface area contributed by atoms with Crippen molar-refractivity contribution in [3.8, 4) is 5.75 Å². The van der Waals surface area contributed by atoms with E-state index in [-0.39, 0.29) is 12.3 Å². The monoisotopic (exact) mass is 252 g/mol. The maximum Gasteiger partial charge on any atom is 0.189 e. The number of aromatic nitrogens is 1. The van der Waals surface area contributed by atoms with Crippen LogP contribution in [0, 0.1) is 6.92 Å². The Morgan fingerprint density at radius 2 is 2.00 bits per heavy atom. The summed E-state index contributed by atoms with van der Waals surface area (Å²) in [5.74, 6) is 0.783. The topological polar surface area (TPSA) is 43.4 Å². The smallest absolute Gasteiger partial charge is 0.189 e. The zero-order valence-corrected chi connectivity index (χ0v) is 12.0. The molecule has 1 heterocycles. The standard InChI is InChI=1S/C14H24N2O2/c1-6-17-10-18-13-8-7-11(2)16-12(13)9-15-14(3,4)5/h7-8,15H,6,9-10H2,1-5H3. The first kappa shape index (κ1) is 14.9. The van der Waals surface area contributed by atoms with Gasteiger partial charge in [-0.15, -0.1) is 0 Å². The second-order valence-electron chi connectivity index (χ2n) is 5.26. The molecule has 18 heavy (non-hydrogen) atoms. The quantitative estimate of drug-likeness (QED) is 0.624. The Morgan fingerprint density at radius 1 is 1.28 bits per heavy atom. The fraction of sp³-hybridized carbons (Fsp3) is 0.643. The summed E-state index contributed by atoms with van der Waals surface area (Å²) in [6.45, 7) is 11.9. The lowest BCUT2D eigenvalue weighted by Crippen LogP contribution is -2.35. The van der Waals surface area contributed by atoms with Crippen LogP contribution in [0.25, 0.3) is 0 Å². The number of nitrogens with zero attached hydrogens (tertiary/aromatic N) is 1. The number of hydrogen-bond acceptors (Lipinski definition) is 4. The van der Waals surface area contributed by atoms with Crippen LogP contribution in [0.3, 0.4) is 0 Å². The molecule has 4 heteroatoms. The van der Waals surface area contributed by atoms with Crippen LogP contribution >= 0.6 is 0 Å². The summed E-state index contributed by atoms with van der Waals surface area (Å²) in [5, 5.41) is 3.41. The van der Waals surface area contributed by atoms with E-state index in [2.05, 4.69) is 31.1 Å². The van der Waals surface area contributed by atoms with Crippen LogP contribution in [-0.4, -0.2) is 23.9 Å². The highest BCUT2D eigenvalue weighted by molar-refractivity contribution is 5.29. The van der Waals surface area contributed by atoms with E-state index in [0.29, 0.717) is 13.2 Å². The molecule has 0 saturated heterocycles. The van der Waals surface area contributed by atoms with E-state index in [1.165, 1.54) is 0 Å². The Kier molecular flexibility index (Phi) is 5.56. The average Bonchev–Trinajstić information content (AvgIpc) is 2.28. The van der Waals surface area contributed by atoms with Crippen molar-refractivity contribution < 1.29 is 9.47 Å². The summed E-state index contributed by atoms with van der Waals surface area (Å²) < 4.78 is 10.8. The Labute approximate surface area is 110 Å². The fourth-order valence-electron chi connectivity index (χ4n) is 1.39. The molecule has 0 saturated carbocycles. The minimum absolute atomic E-state index is 0.0581. The maximum absolute atomic E-state index is 5.57. The van der Waals surface area contributed by atoms with Gasteiger partial charge in [-0.25, -0.2) is 0 Å². The van der Waals surface area contributed by atoms with Crippen molar-refractivity contribution in [2.75, 3.05) is 13.4 Å². The van der Waals surface area contributed by atoms with Gasteiger partial charge in [-0.3, -0.25) is 4.98 Å². The van der Waals surface area contributed by atoms with Gasteiger partial charge in [-0.1, -0.05) is 0 Å². The molecular weight excluding hydrogens is 228 g/mol. The Bertz CT molecular complexity index is 373. The molecule has 0 aliphatic carbocycles. The van der Waals surface area contributed by atoms with Crippen LogP contribution in [0.5, 0.6) is 5.75 Å². The summed E-state index contributed by atoms with van der Waals surface area (Å²) in [4.78, 5) is 4.51. The second kappa shape index (κ2) is 6.71. The molecule has 0 atom stereocenters. The molecule has 0 aliphatic heterocycles. The summed E-state index contributed by atoms with van der Waals surface area (Å²) in [5.41, 5.74) is 1.97. The first-order valence-electron chi connectivity index (χ1n) is 6.34. The van der Waals surface area contributed by atoms with E-state index in [4.69, 9.17) is 9.47 Å². The molecule has 0 bridgehead atoms. The number of nitrogens with one attached hydrogen (secondary N) is 1. The highest BCUT2D eigenvalue weighted by Crippen LogP contribution is 2.17. The van der Waals surface area contributed by atoms with Crippen LogP contribution in [0.2, 0.25) is 0 Å². The fourth-order valence-corrected chi connectivity index (χ4v) is 1.39. The van der Waals surface area contributed by atoms with Crippen molar-refractivity contribution in [3.63, 3.8) is 0 Å². The van der Waals surface area contributed by atoms with Crippen molar-refractivity contribution in [1.29, 1.82) is 0 Å². The molecule has 0 spiro atoms. The second-order valence-corrected chi connectivity index (χ2v) is 5.26. The first-order chi connectivity index (χ1) is 8.42. The summed E-state index contributed by atoms with van der Waals surface area (Å²) in [6.07, 6.45) is 0. The van der Waals surface area contributed by atoms with Crippen LogP contribution in [0.1, 0.15) is 39.1 Å². The van der Waals surface area contributed by atoms with Gasteiger partial charge in [0, 0.05) is 24.4 Å². The molecule has 0 radical (unpaired) electrons. The lowest BCUT2D eigenvalue weighted by molar-refractivity contribution is 0.0214. The SMILES string of the molecule is CCOCOc1ccc(C)nc1CNC(C)(C)C. The molecule has 102 valence electrons. The van der Waals surface area contributed by atoms with Crippen LogP contribution in [0.15, 0.2) is 12.1 Å². The van der Waals surface area contributed by atoms with Crippen LogP contribution in [-0.2, 0) is 11.3 Å². The Morgan fingerprint density at radius 3 is 2.61 bits per heavy atom. The van der Waals surface area contributed by atoms with Gasteiger partial charge in [0.25, 0.3) is 0 Å². The predicted octanol–water partition coefficient (Wildman–Crippen LogP) is 2.65. The highest BCUT2D eigenvalue weighted by atomic mass is 16.7. The van der Waals surface area contributed by atoms with E-state index in [1.54, 1.807) is 0 Å². The largest absolute Gasteiger partial charge is 0.466 e. The lowest BCUT2D eigenvalue weighted by atomic mass is 10.1. The van der Waals surface area contributed by atoms with Gasteiger partial charge in [-0.2, -0.15) is 0 Å². The van der Waals surface area contributed by atoms with E-state index < -0.39 is 0 Å². The maximum atomic E-state index is 5.57. The third-order valence-electron chi connectivity index (χ3n) is 2.36. The summed E-state index contributed by atoms with van der Waals surface area (Å²) >= 11 is 0. The molecular formula is C14H24N2O2. The van der Waals surface area contributed by atoms with E-state index in [9.17, 15) is 0 Å². The first-order valence-corrected chi connectivity index (χ1v) is 6.34. The summed E-state index contributed by atoms with van der Waals surface area (Å²) in [7, 11) is 0. The number of hydrogen-bond donors (Lipinski definition) is 1. The van der Waals surface area contributed by atoms with Crippen molar-refractivity contribution in [2.24, 2.45) is 0 Å². The predicted molar refractivity (Wildman–Crippen MR) is 72.7 cm³/mol. The lowest BCUT2D eigenvalue weighted by Gasteiger charge is -2.21. The normalized spacial score (nSPS) is 11.6. The highest BCUT2D eigenvalue weighted by Gasteiger charge is 2.12. The van der Waals surface area contributed by atoms with Gasteiger partial charge in [0.1, 0.15) is 5.75 Å². The molecule has 0 amide bonds. The zero-order chi connectivity index (χ0) is 13.6. The van der Waals surface area contributed by atoms with Crippen molar-refractivity contribution in [1.82, 2.24) is 10.3 Å². The van der Waals surface area contributed by atoms with Crippen molar-refractivity contribution in [2.45, 2.75) is 46.7 Å². The summed E-state index contributed by atoms with van der Waals surface area (Å²) in [6, 6.07) is 3.89. The minimum Gasteiger partial charge on any atom is -0.466 e. The third-order valence-corrected chi connectivity index (χ3v) is 2.36. The van der Waals surface area contributed by atoms with Crippen molar-refractivity contribution >= 4 is 0 Å². The number of ether oxygens (including phenoxy) is 2. The van der Waals surface area contributed by atoms with E-state index >= 15 is 0 Å². The van der Waals surface area contributed by atoms with Crippen molar-refractivity contribution in [3.05, 3.63) is 23.5 Å². The van der Waals surface area contributed by atoms with Crippen LogP contribution < -0.4 is 10.1 Å². The molecule has 1 rings (SSSR count). The van der Waals surface area contributed by atoms with Gasteiger partial charge < -0.3 is 14.8 Å². The number of pyridine rings is 1. The van der Waals surface area contributed by atoms with Crippen LogP contribution in [0.4, 0.5) is 0 Å². The molecule has 4 nitrogen and oxygen atoms in total. The number of rotatable bonds is 6. The average molecular weight is 252 g/mol.